The number of pyridine rings is 1. The summed E-state index contributed by atoms with van der Waals surface area (Å²) >= 11 is 0. The highest BCUT2D eigenvalue weighted by molar-refractivity contribution is 5.85. The Morgan fingerprint density at radius 2 is 2.25 bits per heavy atom. The molecule has 2 aliphatic rings. The quantitative estimate of drug-likeness (QED) is 0.811. The number of allylic oxidation sites excluding steroid dienone is 1. The third-order valence-corrected chi connectivity index (χ3v) is 3.45. The molecule has 0 saturated carbocycles. The van der Waals surface area contributed by atoms with Crippen molar-refractivity contribution in [2.24, 2.45) is 11.8 Å². The van der Waals surface area contributed by atoms with Gasteiger partial charge in [0.1, 0.15) is 0 Å². The van der Waals surface area contributed by atoms with Crippen LogP contribution in [0.4, 0.5) is 0 Å². The lowest BCUT2D eigenvalue weighted by Crippen LogP contribution is -2.37. The van der Waals surface area contributed by atoms with E-state index in [2.05, 4.69) is 22.4 Å². The fraction of sp³-hybridized carbons (Fsp3) is 0.462. The average Bonchev–Trinajstić information content (AvgIpc) is 2.30. The van der Waals surface area contributed by atoms with Crippen molar-refractivity contribution in [2.75, 3.05) is 13.1 Å². The van der Waals surface area contributed by atoms with Crippen LogP contribution in [0.5, 0.6) is 0 Å². The molecule has 2 nitrogen and oxygen atoms in total. The minimum atomic E-state index is 0. The van der Waals surface area contributed by atoms with Gasteiger partial charge in [0.2, 0.25) is 0 Å². The molecule has 86 valence electrons. The fourth-order valence-electron chi connectivity index (χ4n) is 2.78. The third-order valence-electron chi connectivity index (χ3n) is 3.45. The van der Waals surface area contributed by atoms with E-state index >= 15 is 0 Å². The van der Waals surface area contributed by atoms with Gasteiger partial charge in [0, 0.05) is 18.9 Å². The van der Waals surface area contributed by atoms with Gasteiger partial charge in [-0.3, -0.25) is 4.98 Å². The fourth-order valence-corrected chi connectivity index (χ4v) is 2.78. The summed E-state index contributed by atoms with van der Waals surface area (Å²) in [5, 5.41) is 3.50. The first-order chi connectivity index (χ1) is 7.42. The molecule has 2 bridgehead atoms. The van der Waals surface area contributed by atoms with Gasteiger partial charge >= 0.3 is 0 Å². The van der Waals surface area contributed by atoms with Gasteiger partial charge in [-0.15, -0.1) is 12.4 Å². The number of hydrogen-bond acceptors (Lipinski definition) is 2. The molecule has 2 heterocycles. The second kappa shape index (κ2) is 4.98. The summed E-state index contributed by atoms with van der Waals surface area (Å²) in [5.74, 6) is 1.58. The van der Waals surface area contributed by atoms with E-state index in [1.54, 1.807) is 0 Å². The Balaban J connectivity index is 0.000000963. The van der Waals surface area contributed by atoms with Crippen molar-refractivity contribution in [2.45, 2.75) is 12.8 Å². The van der Waals surface area contributed by atoms with E-state index in [-0.39, 0.29) is 12.4 Å². The maximum Gasteiger partial charge on any atom is 0.0342 e. The molecule has 1 saturated heterocycles. The Bertz CT molecular complexity index is 375. The van der Waals surface area contributed by atoms with Gasteiger partial charge in [-0.05, 0) is 48.4 Å². The number of nitrogens with one attached hydrogen (secondary N) is 1. The molecule has 1 aromatic heterocycles. The van der Waals surface area contributed by atoms with E-state index in [0.29, 0.717) is 0 Å². The summed E-state index contributed by atoms with van der Waals surface area (Å²) in [6, 6.07) is 4.20. The molecule has 3 heteroatoms. The topological polar surface area (TPSA) is 24.9 Å². The van der Waals surface area contributed by atoms with E-state index in [1.165, 1.54) is 30.5 Å². The maximum absolute atomic E-state index is 4.20. The zero-order valence-corrected chi connectivity index (χ0v) is 10.0. The summed E-state index contributed by atoms with van der Waals surface area (Å²) in [4.78, 5) is 4.20. The van der Waals surface area contributed by atoms with Crippen molar-refractivity contribution in [3.63, 3.8) is 0 Å². The van der Waals surface area contributed by atoms with Crippen LogP contribution in [-0.2, 0) is 0 Å². The highest BCUT2D eigenvalue weighted by Gasteiger charge is 2.26. The molecule has 16 heavy (non-hydrogen) atoms. The number of halogens is 1. The van der Waals surface area contributed by atoms with E-state index in [0.717, 1.165) is 18.4 Å². The molecule has 0 aromatic carbocycles. The molecule has 0 spiro atoms. The van der Waals surface area contributed by atoms with Crippen molar-refractivity contribution < 1.29 is 0 Å². The number of hydrogen-bond donors (Lipinski definition) is 1. The van der Waals surface area contributed by atoms with Crippen LogP contribution >= 0.6 is 12.4 Å². The lowest BCUT2D eigenvalue weighted by molar-refractivity contribution is 0.317. The largest absolute Gasteiger partial charge is 0.316 e. The van der Waals surface area contributed by atoms with Crippen molar-refractivity contribution in [1.82, 2.24) is 10.3 Å². The smallest absolute Gasteiger partial charge is 0.0342 e. The minimum absolute atomic E-state index is 0. The van der Waals surface area contributed by atoms with Crippen molar-refractivity contribution >= 4 is 18.0 Å². The summed E-state index contributed by atoms with van der Waals surface area (Å²) in [5.41, 5.74) is 2.82. The van der Waals surface area contributed by atoms with Gasteiger partial charge < -0.3 is 5.32 Å². The van der Waals surface area contributed by atoms with Gasteiger partial charge in [-0.1, -0.05) is 12.1 Å². The Morgan fingerprint density at radius 1 is 1.31 bits per heavy atom. The Morgan fingerprint density at radius 3 is 3.00 bits per heavy atom. The average molecular weight is 237 g/mol. The number of nitrogens with zero attached hydrogens (tertiary/aromatic N) is 1. The van der Waals surface area contributed by atoms with Crippen LogP contribution in [0.15, 0.2) is 30.6 Å². The molecule has 0 radical (unpaired) electrons. The number of aromatic nitrogens is 1. The molecule has 0 amide bonds. The van der Waals surface area contributed by atoms with E-state index in [9.17, 15) is 0 Å². The summed E-state index contributed by atoms with van der Waals surface area (Å²) in [7, 11) is 0. The summed E-state index contributed by atoms with van der Waals surface area (Å²) in [6.45, 7) is 2.34. The predicted octanol–water partition coefficient (Wildman–Crippen LogP) is 2.52. The highest BCUT2D eigenvalue weighted by atomic mass is 35.5. The van der Waals surface area contributed by atoms with Gasteiger partial charge in [0.05, 0.1) is 0 Å². The Kier molecular flexibility index (Phi) is 3.62. The van der Waals surface area contributed by atoms with Crippen LogP contribution in [0.2, 0.25) is 0 Å². The lowest BCUT2D eigenvalue weighted by Gasteiger charge is -2.34. The molecule has 1 aliphatic heterocycles. The molecular formula is C13H17ClN2. The number of fused-ring (bicyclic) bond motifs is 2. The summed E-state index contributed by atoms with van der Waals surface area (Å²) < 4.78 is 0. The first-order valence-corrected chi connectivity index (χ1v) is 5.73. The van der Waals surface area contributed by atoms with Crippen molar-refractivity contribution in [3.8, 4) is 0 Å². The van der Waals surface area contributed by atoms with Gasteiger partial charge in [-0.25, -0.2) is 0 Å². The Labute approximate surface area is 103 Å². The zero-order valence-electron chi connectivity index (χ0n) is 9.23. The van der Waals surface area contributed by atoms with Gasteiger partial charge in [-0.2, -0.15) is 0 Å². The van der Waals surface area contributed by atoms with Crippen LogP contribution in [0.25, 0.3) is 5.57 Å². The van der Waals surface area contributed by atoms with Crippen molar-refractivity contribution in [3.05, 3.63) is 36.2 Å². The zero-order chi connectivity index (χ0) is 10.1. The molecule has 3 rings (SSSR count). The summed E-state index contributed by atoms with van der Waals surface area (Å²) in [6.07, 6.45) is 8.86. The van der Waals surface area contributed by atoms with Crippen LogP contribution < -0.4 is 5.32 Å². The molecule has 1 aliphatic carbocycles. The van der Waals surface area contributed by atoms with Crippen LogP contribution in [0, 0.1) is 11.8 Å². The van der Waals surface area contributed by atoms with Crippen molar-refractivity contribution in [1.29, 1.82) is 0 Å². The minimum Gasteiger partial charge on any atom is -0.316 e. The Hall–Kier alpha value is -0.860. The van der Waals surface area contributed by atoms with E-state index in [4.69, 9.17) is 0 Å². The molecule has 0 unspecified atom stereocenters. The molecule has 2 atom stereocenters. The van der Waals surface area contributed by atoms with Crippen LogP contribution in [0.1, 0.15) is 18.4 Å². The van der Waals surface area contributed by atoms with E-state index in [1.807, 2.05) is 18.5 Å². The highest BCUT2D eigenvalue weighted by Crippen LogP contribution is 2.34. The maximum atomic E-state index is 4.20. The first kappa shape index (κ1) is 11.6. The standard InChI is InChI=1S/C13H16N2.ClH/c1-2-12(9-14-3-1)13-5-10-4-11(6-13)8-15-7-10;/h1-3,5,9-11,15H,4,6-8H2;1H/t10-,11+;/m0./s1. The van der Waals surface area contributed by atoms with Crippen LogP contribution in [0.3, 0.4) is 0 Å². The molecule has 1 aromatic rings. The number of piperidine rings is 1. The number of rotatable bonds is 1. The SMILES string of the molecule is C1=C(c2cccnc2)C[C@@H]2CNC[C@H]1C2.Cl. The lowest BCUT2D eigenvalue weighted by atomic mass is 9.78. The van der Waals surface area contributed by atoms with Gasteiger partial charge in [0.15, 0.2) is 0 Å². The first-order valence-electron chi connectivity index (χ1n) is 5.73. The third kappa shape index (κ3) is 2.28. The second-order valence-electron chi connectivity index (χ2n) is 4.66. The predicted molar refractivity (Wildman–Crippen MR) is 68.5 cm³/mol. The second-order valence-corrected chi connectivity index (χ2v) is 4.66. The monoisotopic (exact) mass is 236 g/mol. The van der Waals surface area contributed by atoms with Gasteiger partial charge in [0.25, 0.3) is 0 Å². The molecule has 1 fully saturated rings. The molecular weight excluding hydrogens is 220 g/mol. The van der Waals surface area contributed by atoms with Crippen LogP contribution in [-0.4, -0.2) is 18.1 Å². The van der Waals surface area contributed by atoms with E-state index < -0.39 is 0 Å². The normalized spacial score (nSPS) is 27.9. The molecule has 1 N–H and O–H groups in total.